The average molecular weight is 315 g/mol. The highest BCUT2D eigenvalue weighted by Gasteiger charge is 2.34. The lowest BCUT2D eigenvalue weighted by molar-refractivity contribution is 0.0156. The normalized spacial score (nSPS) is 16.7. The molecule has 122 valence electrons. The van der Waals surface area contributed by atoms with Crippen molar-refractivity contribution in [2.45, 2.75) is 38.2 Å². The van der Waals surface area contributed by atoms with Crippen LogP contribution >= 0.6 is 0 Å². The quantitative estimate of drug-likeness (QED) is 0.928. The van der Waals surface area contributed by atoms with E-state index in [2.05, 4.69) is 4.98 Å². The maximum Gasteiger partial charge on any atom is 0.270 e. The summed E-state index contributed by atoms with van der Waals surface area (Å²) in [4.78, 5) is 30.8. The minimum Gasteiger partial charge on any atom is -0.388 e. The molecule has 1 aliphatic carbocycles. The smallest absolute Gasteiger partial charge is 0.270 e. The van der Waals surface area contributed by atoms with Crippen molar-refractivity contribution in [3.05, 3.63) is 46.0 Å². The van der Waals surface area contributed by atoms with Crippen LogP contribution in [0.25, 0.3) is 5.65 Å². The number of aryl methyl sites for hydroxylation is 1. The average Bonchev–Trinajstić information content (AvgIpc) is 2.94. The fourth-order valence-electron chi connectivity index (χ4n) is 3.24. The molecule has 0 bridgehead atoms. The van der Waals surface area contributed by atoms with Crippen LogP contribution in [-0.2, 0) is 0 Å². The first-order valence-corrected chi connectivity index (χ1v) is 7.85. The van der Waals surface area contributed by atoms with Gasteiger partial charge in [0.05, 0.1) is 5.60 Å². The molecule has 0 atom stereocenters. The van der Waals surface area contributed by atoms with E-state index in [0.717, 1.165) is 18.4 Å². The van der Waals surface area contributed by atoms with Crippen molar-refractivity contribution in [3.8, 4) is 0 Å². The highest BCUT2D eigenvalue weighted by molar-refractivity contribution is 5.93. The molecule has 23 heavy (non-hydrogen) atoms. The molecular weight excluding hydrogens is 294 g/mol. The van der Waals surface area contributed by atoms with Crippen molar-refractivity contribution in [2.75, 3.05) is 13.6 Å². The van der Waals surface area contributed by atoms with Crippen LogP contribution in [0.4, 0.5) is 0 Å². The molecular formula is C17H21N3O3. The van der Waals surface area contributed by atoms with Crippen LogP contribution in [0.2, 0.25) is 0 Å². The van der Waals surface area contributed by atoms with Crippen molar-refractivity contribution in [1.29, 1.82) is 0 Å². The van der Waals surface area contributed by atoms with Crippen LogP contribution in [0.1, 0.15) is 41.6 Å². The highest BCUT2D eigenvalue weighted by Crippen LogP contribution is 2.30. The van der Waals surface area contributed by atoms with Crippen molar-refractivity contribution in [1.82, 2.24) is 14.3 Å². The van der Waals surface area contributed by atoms with E-state index in [1.807, 2.05) is 13.0 Å². The summed E-state index contributed by atoms with van der Waals surface area (Å²) < 4.78 is 1.39. The number of likely N-dealkylation sites (N-methyl/N-ethyl adjacent to an activating group) is 1. The molecule has 0 saturated heterocycles. The van der Waals surface area contributed by atoms with Gasteiger partial charge in [0.25, 0.3) is 11.5 Å². The van der Waals surface area contributed by atoms with Crippen molar-refractivity contribution < 1.29 is 9.90 Å². The first-order valence-electron chi connectivity index (χ1n) is 7.85. The van der Waals surface area contributed by atoms with Crippen LogP contribution in [-0.4, -0.2) is 44.5 Å². The Bertz CT molecular complexity index is 806. The van der Waals surface area contributed by atoms with Crippen molar-refractivity contribution >= 4 is 11.6 Å². The second-order valence-corrected chi connectivity index (χ2v) is 6.50. The maximum absolute atomic E-state index is 12.6. The minimum atomic E-state index is -0.832. The van der Waals surface area contributed by atoms with Gasteiger partial charge in [-0.25, -0.2) is 4.98 Å². The van der Waals surface area contributed by atoms with Crippen LogP contribution in [0.15, 0.2) is 29.3 Å². The van der Waals surface area contributed by atoms with E-state index in [9.17, 15) is 14.7 Å². The van der Waals surface area contributed by atoms with Gasteiger partial charge in [0.2, 0.25) is 0 Å². The Balaban J connectivity index is 1.91. The number of rotatable bonds is 3. The Morgan fingerprint density at radius 3 is 2.78 bits per heavy atom. The number of hydrogen-bond donors (Lipinski definition) is 1. The topological polar surface area (TPSA) is 74.9 Å². The molecule has 6 heteroatoms. The Kier molecular flexibility index (Phi) is 3.93. The van der Waals surface area contributed by atoms with Gasteiger partial charge in [-0.05, 0) is 31.4 Å². The highest BCUT2D eigenvalue weighted by atomic mass is 16.3. The standard InChI is InChI=1S/C17H21N3O3/c1-12-5-6-14-18-9-13(16(22)20(14)10-12)15(21)19(2)11-17(23)7-3-4-8-17/h5-6,9-10,23H,3-4,7-8,11H2,1-2H3. The molecule has 0 aromatic carbocycles. The predicted molar refractivity (Wildman–Crippen MR) is 86.6 cm³/mol. The number of amides is 1. The van der Waals surface area contributed by atoms with Gasteiger partial charge in [0.15, 0.2) is 0 Å². The van der Waals surface area contributed by atoms with Gasteiger partial charge in [-0.2, -0.15) is 0 Å². The van der Waals surface area contributed by atoms with Gasteiger partial charge >= 0.3 is 0 Å². The Morgan fingerprint density at radius 2 is 2.09 bits per heavy atom. The molecule has 2 aromatic heterocycles. The lowest BCUT2D eigenvalue weighted by atomic mass is 10.0. The van der Waals surface area contributed by atoms with Gasteiger partial charge in [-0.3, -0.25) is 14.0 Å². The molecule has 2 heterocycles. The number of carbonyl (C=O) groups is 1. The largest absolute Gasteiger partial charge is 0.388 e. The van der Waals surface area contributed by atoms with Gasteiger partial charge in [0.1, 0.15) is 11.2 Å². The summed E-state index contributed by atoms with van der Waals surface area (Å²) in [5.41, 5.74) is 0.238. The maximum atomic E-state index is 12.6. The monoisotopic (exact) mass is 315 g/mol. The minimum absolute atomic E-state index is 0.0252. The molecule has 0 radical (unpaired) electrons. The molecule has 3 rings (SSSR count). The fraction of sp³-hybridized carbons (Fsp3) is 0.471. The van der Waals surface area contributed by atoms with Crippen LogP contribution in [0, 0.1) is 6.92 Å². The summed E-state index contributed by atoms with van der Waals surface area (Å²) in [5.74, 6) is -0.404. The van der Waals surface area contributed by atoms with Gasteiger partial charge in [-0.15, -0.1) is 0 Å². The van der Waals surface area contributed by atoms with Crippen LogP contribution in [0.5, 0.6) is 0 Å². The van der Waals surface area contributed by atoms with E-state index in [4.69, 9.17) is 0 Å². The number of nitrogens with zero attached hydrogens (tertiary/aromatic N) is 3. The van der Waals surface area contributed by atoms with E-state index < -0.39 is 11.5 Å². The molecule has 1 saturated carbocycles. The van der Waals surface area contributed by atoms with E-state index in [-0.39, 0.29) is 17.7 Å². The third-order valence-corrected chi connectivity index (χ3v) is 4.49. The van der Waals surface area contributed by atoms with E-state index >= 15 is 0 Å². The Labute approximate surface area is 134 Å². The van der Waals surface area contributed by atoms with E-state index in [1.165, 1.54) is 15.5 Å². The lowest BCUT2D eigenvalue weighted by Crippen LogP contribution is -2.43. The zero-order valence-electron chi connectivity index (χ0n) is 13.5. The van der Waals surface area contributed by atoms with Gasteiger partial charge < -0.3 is 10.0 Å². The molecule has 6 nitrogen and oxygen atoms in total. The second-order valence-electron chi connectivity index (χ2n) is 6.50. The second kappa shape index (κ2) is 5.77. The zero-order chi connectivity index (χ0) is 16.6. The molecule has 0 aliphatic heterocycles. The van der Waals surface area contributed by atoms with Gasteiger partial charge in [0, 0.05) is 26.0 Å². The molecule has 1 N–H and O–H groups in total. The molecule has 2 aromatic rings. The number of aliphatic hydroxyl groups is 1. The molecule has 0 spiro atoms. The summed E-state index contributed by atoms with van der Waals surface area (Å²) in [6, 6.07) is 3.61. The fourth-order valence-corrected chi connectivity index (χ4v) is 3.24. The first kappa shape index (κ1) is 15.7. The first-order chi connectivity index (χ1) is 10.9. The molecule has 1 aliphatic rings. The van der Waals surface area contributed by atoms with Gasteiger partial charge in [-0.1, -0.05) is 18.9 Å². The van der Waals surface area contributed by atoms with E-state index in [0.29, 0.717) is 18.5 Å². The molecule has 1 amide bonds. The predicted octanol–water partition coefficient (Wildman–Crippen LogP) is 1.38. The van der Waals surface area contributed by atoms with Crippen LogP contribution < -0.4 is 5.56 Å². The van der Waals surface area contributed by atoms with Crippen molar-refractivity contribution in [2.24, 2.45) is 0 Å². The zero-order valence-corrected chi connectivity index (χ0v) is 13.5. The Morgan fingerprint density at radius 1 is 1.39 bits per heavy atom. The summed E-state index contributed by atoms with van der Waals surface area (Å²) in [6.07, 6.45) is 6.32. The number of pyridine rings is 1. The van der Waals surface area contributed by atoms with E-state index in [1.54, 1.807) is 19.3 Å². The summed E-state index contributed by atoms with van der Waals surface area (Å²) in [6.45, 7) is 2.11. The number of carbonyl (C=O) groups excluding carboxylic acids is 1. The Hall–Kier alpha value is -2.21. The van der Waals surface area contributed by atoms with Crippen molar-refractivity contribution in [3.63, 3.8) is 0 Å². The molecule has 1 fully saturated rings. The SMILES string of the molecule is Cc1ccc2ncc(C(=O)N(C)CC3(O)CCCC3)c(=O)n2c1. The third kappa shape index (κ3) is 2.99. The summed E-state index contributed by atoms with van der Waals surface area (Å²) in [7, 11) is 1.61. The van der Waals surface area contributed by atoms with Crippen LogP contribution in [0.3, 0.4) is 0 Å². The number of hydrogen-bond acceptors (Lipinski definition) is 4. The summed E-state index contributed by atoms with van der Waals surface area (Å²) in [5, 5.41) is 10.4. The number of fused-ring (bicyclic) bond motifs is 1. The molecule has 0 unspecified atom stereocenters. The third-order valence-electron chi connectivity index (χ3n) is 4.49. The number of aromatic nitrogens is 2. The summed E-state index contributed by atoms with van der Waals surface area (Å²) >= 11 is 0. The lowest BCUT2D eigenvalue weighted by Gasteiger charge is -2.28.